The van der Waals surface area contributed by atoms with Crippen LogP contribution in [0.25, 0.3) is 0 Å². The number of hydrogen-bond acceptors (Lipinski definition) is 4. The van der Waals surface area contributed by atoms with Crippen LogP contribution in [-0.2, 0) is 0 Å². The summed E-state index contributed by atoms with van der Waals surface area (Å²) in [5, 5.41) is 0. The van der Waals surface area contributed by atoms with Crippen molar-refractivity contribution in [3.8, 4) is 0 Å². The Balaban J connectivity index is 2.16. The van der Waals surface area contributed by atoms with E-state index in [1.54, 1.807) is 0 Å². The summed E-state index contributed by atoms with van der Waals surface area (Å²) in [6, 6.07) is 2.06. The normalized spacial score (nSPS) is 21.2. The highest BCUT2D eigenvalue weighted by atomic mass is 15.2. The quantitative estimate of drug-likeness (QED) is 0.815. The predicted molar refractivity (Wildman–Crippen MR) is 65.5 cm³/mol. The summed E-state index contributed by atoms with van der Waals surface area (Å²) in [6.45, 7) is 6.86. The van der Waals surface area contributed by atoms with E-state index in [2.05, 4.69) is 20.9 Å². The van der Waals surface area contributed by atoms with Crippen LogP contribution in [0.1, 0.15) is 24.4 Å². The maximum atomic E-state index is 5.74. The highest BCUT2D eigenvalue weighted by Gasteiger charge is 2.20. The zero-order valence-electron chi connectivity index (χ0n) is 10.1. The van der Waals surface area contributed by atoms with Crippen LogP contribution in [0.4, 0.5) is 5.82 Å². The molecule has 4 heteroatoms. The lowest BCUT2D eigenvalue weighted by atomic mass is 9.98. The molecule has 1 aliphatic heterocycles. The van der Waals surface area contributed by atoms with Crippen molar-refractivity contribution < 1.29 is 0 Å². The molecule has 4 nitrogen and oxygen atoms in total. The fourth-order valence-corrected chi connectivity index (χ4v) is 2.32. The maximum absolute atomic E-state index is 5.74. The lowest BCUT2D eigenvalue weighted by molar-refractivity contribution is 0.421. The number of aromatic nitrogens is 2. The van der Waals surface area contributed by atoms with Gasteiger partial charge < -0.3 is 10.6 Å². The summed E-state index contributed by atoms with van der Waals surface area (Å²) in [7, 11) is 0. The van der Waals surface area contributed by atoms with Gasteiger partial charge in [-0.15, -0.1) is 0 Å². The molecule has 0 spiro atoms. The van der Waals surface area contributed by atoms with Crippen LogP contribution in [0.2, 0.25) is 0 Å². The second-order valence-electron chi connectivity index (χ2n) is 4.60. The number of nitrogens with two attached hydrogens (primary N) is 1. The van der Waals surface area contributed by atoms with E-state index in [4.69, 9.17) is 5.73 Å². The highest BCUT2D eigenvalue weighted by molar-refractivity contribution is 5.40. The van der Waals surface area contributed by atoms with Gasteiger partial charge in [0.05, 0.1) is 0 Å². The minimum atomic E-state index is 0.615. The Morgan fingerprint density at radius 2 is 2.25 bits per heavy atom. The second-order valence-corrected chi connectivity index (χ2v) is 4.60. The molecule has 0 aromatic carbocycles. The molecule has 1 saturated heterocycles. The minimum absolute atomic E-state index is 0.615. The molecule has 1 aliphatic rings. The first-order valence-electron chi connectivity index (χ1n) is 5.96. The van der Waals surface area contributed by atoms with Gasteiger partial charge in [0.25, 0.3) is 0 Å². The smallest absolute Gasteiger partial charge is 0.132 e. The summed E-state index contributed by atoms with van der Waals surface area (Å²) in [6.07, 6.45) is 2.46. The Labute approximate surface area is 96.9 Å². The van der Waals surface area contributed by atoms with Crippen molar-refractivity contribution in [1.82, 2.24) is 9.97 Å². The van der Waals surface area contributed by atoms with Crippen molar-refractivity contribution >= 4 is 5.82 Å². The molecule has 2 heterocycles. The van der Waals surface area contributed by atoms with E-state index in [1.165, 1.54) is 12.8 Å². The highest BCUT2D eigenvalue weighted by Crippen LogP contribution is 2.21. The van der Waals surface area contributed by atoms with Crippen molar-refractivity contribution in [3.05, 3.63) is 17.6 Å². The van der Waals surface area contributed by atoms with Gasteiger partial charge in [0.1, 0.15) is 11.6 Å². The molecule has 1 fully saturated rings. The Kier molecular flexibility index (Phi) is 3.39. The fourth-order valence-electron chi connectivity index (χ4n) is 2.32. The molecule has 2 rings (SSSR count). The van der Waals surface area contributed by atoms with Crippen LogP contribution in [-0.4, -0.2) is 29.6 Å². The monoisotopic (exact) mass is 220 g/mol. The Morgan fingerprint density at radius 1 is 1.44 bits per heavy atom. The zero-order valence-corrected chi connectivity index (χ0v) is 10.1. The molecule has 0 amide bonds. The average Bonchev–Trinajstić information content (AvgIpc) is 2.28. The van der Waals surface area contributed by atoms with Gasteiger partial charge in [0.2, 0.25) is 0 Å². The maximum Gasteiger partial charge on any atom is 0.132 e. The molecular formula is C12H20N4. The fraction of sp³-hybridized carbons (Fsp3) is 0.667. The molecule has 88 valence electrons. The number of piperidine rings is 1. The summed E-state index contributed by atoms with van der Waals surface area (Å²) in [5.74, 6) is 2.53. The molecule has 0 saturated carbocycles. The van der Waals surface area contributed by atoms with Crippen LogP contribution in [0.15, 0.2) is 6.07 Å². The van der Waals surface area contributed by atoms with Crippen molar-refractivity contribution in [3.63, 3.8) is 0 Å². The molecule has 0 aliphatic carbocycles. The molecule has 0 radical (unpaired) electrons. The first kappa shape index (κ1) is 11.3. The molecule has 2 N–H and O–H groups in total. The molecule has 1 aromatic rings. The van der Waals surface area contributed by atoms with Gasteiger partial charge in [-0.05, 0) is 39.2 Å². The number of aryl methyl sites for hydroxylation is 2. The predicted octanol–water partition coefficient (Wildman–Crippen LogP) is 1.27. The van der Waals surface area contributed by atoms with Crippen LogP contribution < -0.4 is 10.6 Å². The molecule has 0 bridgehead atoms. The Bertz CT molecular complexity index is 344. The topological polar surface area (TPSA) is 55.0 Å². The van der Waals surface area contributed by atoms with E-state index < -0.39 is 0 Å². The van der Waals surface area contributed by atoms with Gasteiger partial charge in [-0.3, -0.25) is 0 Å². The lowest BCUT2D eigenvalue weighted by Gasteiger charge is -2.33. The van der Waals surface area contributed by atoms with Crippen LogP contribution in [0, 0.1) is 19.8 Å². The van der Waals surface area contributed by atoms with E-state index in [-0.39, 0.29) is 0 Å². The molecular weight excluding hydrogens is 200 g/mol. The zero-order chi connectivity index (χ0) is 11.5. The number of rotatable bonds is 2. The van der Waals surface area contributed by atoms with Crippen LogP contribution in [0.3, 0.4) is 0 Å². The standard InChI is InChI=1S/C12H20N4/c1-9-6-12(15-10(2)14-9)16-5-3-4-11(7-13)8-16/h6,11H,3-5,7-8,13H2,1-2H3. The first-order valence-corrected chi connectivity index (χ1v) is 5.96. The van der Waals surface area contributed by atoms with Crippen molar-refractivity contribution in [2.75, 3.05) is 24.5 Å². The summed E-state index contributed by atoms with van der Waals surface area (Å²) in [5.41, 5.74) is 6.78. The Morgan fingerprint density at radius 3 is 2.94 bits per heavy atom. The second kappa shape index (κ2) is 4.78. The van der Waals surface area contributed by atoms with Crippen LogP contribution in [0.5, 0.6) is 0 Å². The molecule has 16 heavy (non-hydrogen) atoms. The van der Waals surface area contributed by atoms with Gasteiger partial charge in [-0.25, -0.2) is 9.97 Å². The largest absolute Gasteiger partial charge is 0.356 e. The minimum Gasteiger partial charge on any atom is -0.356 e. The molecule has 1 atom stereocenters. The summed E-state index contributed by atoms with van der Waals surface area (Å²) in [4.78, 5) is 11.1. The summed E-state index contributed by atoms with van der Waals surface area (Å²) < 4.78 is 0. The van der Waals surface area contributed by atoms with E-state index in [0.29, 0.717) is 5.92 Å². The van der Waals surface area contributed by atoms with Gasteiger partial charge in [0.15, 0.2) is 0 Å². The Hall–Kier alpha value is -1.16. The van der Waals surface area contributed by atoms with E-state index in [1.807, 2.05) is 13.8 Å². The summed E-state index contributed by atoms with van der Waals surface area (Å²) >= 11 is 0. The van der Waals surface area contributed by atoms with Gasteiger partial charge >= 0.3 is 0 Å². The van der Waals surface area contributed by atoms with Crippen molar-refractivity contribution in [2.24, 2.45) is 11.7 Å². The van der Waals surface area contributed by atoms with Crippen LogP contribution >= 0.6 is 0 Å². The number of anilines is 1. The number of nitrogens with zero attached hydrogens (tertiary/aromatic N) is 3. The van der Waals surface area contributed by atoms with Crippen molar-refractivity contribution in [2.45, 2.75) is 26.7 Å². The third-order valence-corrected chi connectivity index (χ3v) is 3.13. The molecule has 1 aromatic heterocycles. The first-order chi connectivity index (χ1) is 7.69. The van der Waals surface area contributed by atoms with Gasteiger partial charge in [-0.1, -0.05) is 0 Å². The van der Waals surface area contributed by atoms with Crippen molar-refractivity contribution in [1.29, 1.82) is 0 Å². The van der Waals surface area contributed by atoms with Gasteiger partial charge in [0, 0.05) is 24.8 Å². The molecule has 1 unspecified atom stereocenters. The van der Waals surface area contributed by atoms with Gasteiger partial charge in [-0.2, -0.15) is 0 Å². The average molecular weight is 220 g/mol. The van der Waals surface area contributed by atoms with E-state index in [0.717, 1.165) is 37.0 Å². The SMILES string of the molecule is Cc1cc(N2CCCC(CN)C2)nc(C)n1. The lowest BCUT2D eigenvalue weighted by Crippen LogP contribution is -2.39. The van der Waals surface area contributed by atoms with E-state index >= 15 is 0 Å². The van der Waals surface area contributed by atoms with E-state index in [9.17, 15) is 0 Å². The third-order valence-electron chi connectivity index (χ3n) is 3.13. The number of hydrogen-bond donors (Lipinski definition) is 1. The third kappa shape index (κ3) is 2.50.